The van der Waals surface area contributed by atoms with Gasteiger partial charge >= 0.3 is 12.1 Å². The van der Waals surface area contributed by atoms with Gasteiger partial charge in [-0.05, 0) is 49.4 Å². The molecule has 1 aliphatic carbocycles. The number of benzene rings is 1. The molecular formula is C18H20F3NO3. The SMILES string of the molecule is COC(=O)C1CC2CCCCC2N1C(=O)c1ccc(C(F)(F)F)cc1. The smallest absolute Gasteiger partial charge is 0.416 e. The highest BCUT2D eigenvalue weighted by atomic mass is 19.4. The fourth-order valence-corrected chi connectivity index (χ4v) is 4.05. The first-order valence-corrected chi connectivity index (χ1v) is 8.40. The summed E-state index contributed by atoms with van der Waals surface area (Å²) in [5, 5.41) is 0. The predicted molar refractivity (Wildman–Crippen MR) is 83.8 cm³/mol. The van der Waals surface area contributed by atoms with Gasteiger partial charge in [-0.25, -0.2) is 4.79 Å². The Morgan fingerprint density at radius 3 is 2.36 bits per heavy atom. The number of carbonyl (C=O) groups excluding carboxylic acids is 2. The van der Waals surface area contributed by atoms with E-state index in [-0.39, 0.29) is 17.5 Å². The number of fused-ring (bicyclic) bond motifs is 1. The first-order valence-electron chi connectivity index (χ1n) is 8.40. The second-order valence-corrected chi connectivity index (χ2v) is 6.67. The molecule has 2 aliphatic rings. The van der Waals surface area contributed by atoms with Crippen molar-refractivity contribution in [3.8, 4) is 0 Å². The van der Waals surface area contributed by atoms with Crippen LogP contribution in [0.2, 0.25) is 0 Å². The third kappa shape index (κ3) is 3.37. The van der Waals surface area contributed by atoms with Gasteiger partial charge in [0.1, 0.15) is 6.04 Å². The molecule has 1 aromatic rings. The highest BCUT2D eigenvalue weighted by molar-refractivity contribution is 5.97. The van der Waals surface area contributed by atoms with Crippen LogP contribution >= 0.6 is 0 Å². The van der Waals surface area contributed by atoms with Crippen LogP contribution in [0.4, 0.5) is 13.2 Å². The van der Waals surface area contributed by atoms with E-state index in [0.29, 0.717) is 6.42 Å². The van der Waals surface area contributed by atoms with E-state index in [2.05, 4.69) is 0 Å². The van der Waals surface area contributed by atoms with E-state index in [9.17, 15) is 22.8 Å². The topological polar surface area (TPSA) is 46.6 Å². The molecule has 3 rings (SSSR count). The molecule has 1 heterocycles. The van der Waals surface area contributed by atoms with Crippen LogP contribution in [0.3, 0.4) is 0 Å². The van der Waals surface area contributed by atoms with Crippen LogP contribution < -0.4 is 0 Å². The summed E-state index contributed by atoms with van der Waals surface area (Å²) in [6.45, 7) is 0. The molecule has 1 saturated carbocycles. The van der Waals surface area contributed by atoms with Crippen LogP contribution in [0.1, 0.15) is 48.0 Å². The number of likely N-dealkylation sites (tertiary alicyclic amines) is 1. The molecule has 3 atom stereocenters. The zero-order valence-electron chi connectivity index (χ0n) is 13.9. The molecule has 7 heteroatoms. The third-order valence-corrected chi connectivity index (χ3v) is 5.25. The van der Waals surface area contributed by atoms with Crippen LogP contribution in [0.15, 0.2) is 24.3 Å². The Kier molecular flexibility index (Phi) is 4.75. The first-order chi connectivity index (χ1) is 11.8. The second kappa shape index (κ2) is 6.69. The zero-order valence-corrected chi connectivity index (χ0v) is 13.9. The summed E-state index contributed by atoms with van der Waals surface area (Å²) in [5.74, 6) is -0.621. The van der Waals surface area contributed by atoms with Crippen molar-refractivity contribution in [2.24, 2.45) is 5.92 Å². The lowest BCUT2D eigenvalue weighted by Gasteiger charge is -2.33. The summed E-state index contributed by atoms with van der Waals surface area (Å²) in [7, 11) is 1.28. The number of amides is 1. The fourth-order valence-electron chi connectivity index (χ4n) is 4.05. The molecule has 0 radical (unpaired) electrons. The number of halogens is 3. The minimum Gasteiger partial charge on any atom is -0.467 e. The Labute approximate surface area is 143 Å². The molecule has 136 valence electrons. The van der Waals surface area contributed by atoms with Gasteiger partial charge in [0.15, 0.2) is 0 Å². The van der Waals surface area contributed by atoms with Gasteiger partial charge in [-0.15, -0.1) is 0 Å². The molecule has 0 spiro atoms. The lowest BCUT2D eigenvalue weighted by Crippen LogP contribution is -2.46. The van der Waals surface area contributed by atoms with Gasteiger partial charge in [0.05, 0.1) is 12.7 Å². The van der Waals surface area contributed by atoms with Crippen LogP contribution in [0.5, 0.6) is 0 Å². The van der Waals surface area contributed by atoms with E-state index >= 15 is 0 Å². The number of nitrogens with zero attached hydrogens (tertiary/aromatic N) is 1. The molecule has 1 aromatic carbocycles. The van der Waals surface area contributed by atoms with E-state index in [1.807, 2.05) is 0 Å². The molecule has 25 heavy (non-hydrogen) atoms. The average Bonchev–Trinajstić information content (AvgIpc) is 2.99. The molecule has 0 bridgehead atoms. The average molecular weight is 355 g/mol. The molecule has 0 aromatic heterocycles. The molecule has 1 saturated heterocycles. The highest BCUT2D eigenvalue weighted by Gasteiger charge is 2.48. The van der Waals surface area contributed by atoms with Crippen molar-refractivity contribution in [2.75, 3.05) is 7.11 Å². The lowest BCUT2D eigenvalue weighted by atomic mass is 9.84. The number of esters is 1. The van der Waals surface area contributed by atoms with Crippen LogP contribution in [0.25, 0.3) is 0 Å². The molecule has 1 amide bonds. The third-order valence-electron chi connectivity index (χ3n) is 5.25. The Morgan fingerprint density at radius 2 is 1.76 bits per heavy atom. The van der Waals surface area contributed by atoms with Gasteiger partial charge in [0.2, 0.25) is 0 Å². The van der Waals surface area contributed by atoms with Crippen molar-refractivity contribution in [1.82, 2.24) is 4.90 Å². The van der Waals surface area contributed by atoms with E-state index in [4.69, 9.17) is 4.74 Å². The van der Waals surface area contributed by atoms with Crippen molar-refractivity contribution >= 4 is 11.9 Å². The number of hydrogen-bond acceptors (Lipinski definition) is 3. The number of methoxy groups -OCH3 is 1. The lowest BCUT2D eigenvalue weighted by molar-refractivity contribution is -0.145. The quantitative estimate of drug-likeness (QED) is 0.761. The zero-order chi connectivity index (χ0) is 18.2. The highest BCUT2D eigenvalue weighted by Crippen LogP contribution is 2.41. The minimum absolute atomic E-state index is 0.0485. The number of ether oxygens (including phenoxy) is 1. The largest absolute Gasteiger partial charge is 0.467 e. The van der Waals surface area contributed by atoms with Crippen LogP contribution in [-0.2, 0) is 15.7 Å². The van der Waals surface area contributed by atoms with Crippen molar-refractivity contribution in [3.63, 3.8) is 0 Å². The van der Waals surface area contributed by atoms with Crippen molar-refractivity contribution in [3.05, 3.63) is 35.4 Å². The van der Waals surface area contributed by atoms with E-state index in [1.165, 1.54) is 24.1 Å². The van der Waals surface area contributed by atoms with Crippen molar-refractivity contribution in [2.45, 2.75) is 50.4 Å². The molecule has 2 fully saturated rings. The Balaban J connectivity index is 1.88. The summed E-state index contributed by atoms with van der Waals surface area (Å²) in [5.41, 5.74) is -0.640. The van der Waals surface area contributed by atoms with Crippen LogP contribution in [-0.4, -0.2) is 36.0 Å². The Hall–Kier alpha value is -2.05. The maximum Gasteiger partial charge on any atom is 0.416 e. The minimum atomic E-state index is -4.45. The Bertz CT molecular complexity index is 657. The molecular weight excluding hydrogens is 335 g/mol. The summed E-state index contributed by atoms with van der Waals surface area (Å²) in [6, 6.07) is 3.44. The number of alkyl halides is 3. The van der Waals surface area contributed by atoms with Gasteiger partial charge in [-0.2, -0.15) is 13.2 Å². The number of hydrogen-bond donors (Lipinski definition) is 0. The van der Waals surface area contributed by atoms with E-state index < -0.39 is 29.7 Å². The fraction of sp³-hybridized carbons (Fsp3) is 0.556. The monoisotopic (exact) mass is 355 g/mol. The van der Waals surface area contributed by atoms with E-state index in [1.54, 1.807) is 0 Å². The van der Waals surface area contributed by atoms with Crippen molar-refractivity contribution < 1.29 is 27.5 Å². The van der Waals surface area contributed by atoms with Gasteiger partial charge in [0.25, 0.3) is 5.91 Å². The standard InChI is InChI=1S/C18H20F3NO3/c1-25-17(24)15-10-12-4-2-3-5-14(12)22(15)16(23)11-6-8-13(9-7-11)18(19,20)21/h6-9,12,14-15H,2-5,10H2,1H3. The maximum atomic E-state index is 12.9. The molecule has 3 unspecified atom stereocenters. The normalized spacial score (nSPS) is 26.2. The summed E-state index contributed by atoms with van der Waals surface area (Å²) in [4.78, 5) is 26.6. The summed E-state index contributed by atoms with van der Waals surface area (Å²) in [6.07, 6.45) is -0.0787. The predicted octanol–water partition coefficient (Wildman–Crippen LogP) is 3.65. The second-order valence-electron chi connectivity index (χ2n) is 6.67. The number of carbonyl (C=O) groups is 2. The van der Waals surface area contributed by atoms with Gasteiger partial charge in [-0.1, -0.05) is 12.8 Å². The van der Waals surface area contributed by atoms with Gasteiger partial charge in [0, 0.05) is 11.6 Å². The van der Waals surface area contributed by atoms with Crippen molar-refractivity contribution in [1.29, 1.82) is 0 Å². The Morgan fingerprint density at radius 1 is 1.12 bits per heavy atom. The van der Waals surface area contributed by atoms with Gasteiger partial charge in [-0.3, -0.25) is 4.79 Å². The molecule has 1 aliphatic heterocycles. The molecule has 0 N–H and O–H groups in total. The van der Waals surface area contributed by atoms with Gasteiger partial charge < -0.3 is 9.64 Å². The number of rotatable bonds is 2. The summed E-state index contributed by atoms with van der Waals surface area (Å²) < 4.78 is 42.9. The van der Waals surface area contributed by atoms with E-state index in [0.717, 1.165) is 37.8 Å². The molecule has 4 nitrogen and oxygen atoms in total. The van der Waals surface area contributed by atoms with Crippen LogP contribution in [0, 0.1) is 5.92 Å². The first kappa shape index (κ1) is 17.8. The maximum absolute atomic E-state index is 12.9. The summed E-state index contributed by atoms with van der Waals surface area (Å²) >= 11 is 0.